The predicted molar refractivity (Wildman–Crippen MR) is 116 cm³/mol. The van der Waals surface area contributed by atoms with E-state index in [4.69, 9.17) is 0 Å². The van der Waals surface area contributed by atoms with Crippen molar-refractivity contribution in [2.75, 3.05) is 0 Å². The van der Waals surface area contributed by atoms with Crippen molar-refractivity contribution in [3.63, 3.8) is 0 Å². The van der Waals surface area contributed by atoms with Crippen LogP contribution in [-0.2, 0) is 0 Å². The molecule has 146 valence electrons. The zero-order valence-electron chi connectivity index (χ0n) is 16.8. The first-order valence-electron chi connectivity index (χ1n) is 10.8. The lowest BCUT2D eigenvalue weighted by atomic mass is 9.89. The van der Waals surface area contributed by atoms with Crippen molar-refractivity contribution in [1.29, 1.82) is 0 Å². The molecular weight excluding hydrogens is 336 g/mol. The zero-order chi connectivity index (χ0) is 18.7. The second-order valence-electron chi connectivity index (χ2n) is 8.11. The van der Waals surface area contributed by atoms with Gasteiger partial charge in [-0.25, -0.2) is 0 Å². The molecule has 0 spiro atoms. The number of thioether (sulfide) groups is 1. The number of hydrogen-bond acceptors (Lipinski definition) is 2. The molecule has 1 fully saturated rings. The van der Waals surface area contributed by atoms with E-state index in [2.05, 4.69) is 37.8 Å². The third-order valence-corrected chi connectivity index (χ3v) is 6.85. The minimum atomic E-state index is -0.713. The number of aryl methyl sites for hydroxylation is 1. The van der Waals surface area contributed by atoms with Crippen LogP contribution in [0, 0.1) is 6.92 Å². The van der Waals surface area contributed by atoms with Crippen LogP contribution in [0.5, 0.6) is 0 Å². The van der Waals surface area contributed by atoms with Gasteiger partial charge in [0.15, 0.2) is 0 Å². The molecule has 0 aromatic heterocycles. The zero-order valence-corrected chi connectivity index (χ0v) is 17.6. The van der Waals surface area contributed by atoms with Gasteiger partial charge in [-0.15, -0.1) is 0 Å². The highest BCUT2D eigenvalue weighted by Gasteiger charge is 2.30. The van der Waals surface area contributed by atoms with Gasteiger partial charge in [0.2, 0.25) is 0 Å². The lowest BCUT2D eigenvalue weighted by molar-refractivity contribution is 0.0628. The fraction of sp³-hybridized carbons (Fsp3) is 0.667. The molecule has 1 aliphatic carbocycles. The first-order valence-corrected chi connectivity index (χ1v) is 11.6. The minimum absolute atomic E-state index is 0.713. The Morgan fingerprint density at radius 2 is 1.15 bits per heavy atom. The average molecular weight is 375 g/mol. The van der Waals surface area contributed by atoms with Crippen LogP contribution in [0.15, 0.2) is 40.6 Å². The summed E-state index contributed by atoms with van der Waals surface area (Å²) < 4.78 is 0. The van der Waals surface area contributed by atoms with Crippen molar-refractivity contribution in [1.82, 2.24) is 0 Å². The van der Waals surface area contributed by atoms with Crippen LogP contribution in [0.1, 0.15) is 95.5 Å². The highest BCUT2D eigenvalue weighted by atomic mass is 32.2. The van der Waals surface area contributed by atoms with Crippen LogP contribution >= 0.6 is 11.8 Å². The van der Waals surface area contributed by atoms with Crippen LogP contribution in [0.3, 0.4) is 0 Å². The van der Waals surface area contributed by atoms with Gasteiger partial charge in [-0.2, -0.15) is 0 Å². The molecule has 1 nitrogen and oxygen atoms in total. The molecule has 2 heteroatoms. The first kappa shape index (κ1) is 21.6. The maximum atomic E-state index is 11.4. The smallest absolute Gasteiger partial charge is 0.0952 e. The van der Waals surface area contributed by atoms with Gasteiger partial charge in [0.05, 0.1) is 5.60 Å². The van der Waals surface area contributed by atoms with E-state index in [1.54, 1.807) is 11.8 Å². The summed E-state index contributed by atoms with van der Waals surface area (Å²) in [7, 11) is 0. The van der Waals surface area contributed by atoms with Crippen molar-refractivity contribution in [2.24, 2.45) is 0 Å². The summed E-state index contributed by atoms with van der Waals surface area (Å²) in [6.45, 7) is 6.41. The highest BCUT2D eigenvalue weighted by Crippen LogP contribution is 2.39. The first-order chi connectivity index (χ1) is 12.6. The van der Waals surface area contributed by atoms with Gasteiger partial charge in [0.25, 0.3) is 0 Å². The molecule has 0 amide bonds. The van der Waals surface area contributed by atoms with E-state index in [0.29, 0.717) is 0 Å². The Balaban J connectivity index is 1.94. The Hall–Kier alpha value is -0.730. The second-order valence-corrected chi connectivity index (χ2v) is 9.28. The SMILES string of the molecule is C=C(Sc1ccc(C)cc1)C1(O)CCCCCCCCCCCCCC1. The van der Waals surface area contributed by atoms with Gasteiger partial charge < -0.3 is 5.11 Å². The van der Waals surface area contributed by atoms with Crippen molar-refractivity contribution < 1.29 is 5.11 Å². The van der Waals surface area contributed by atoms with Crippen molar-refractivity contribution in [3.8, 4) is 0 Å². The molecule has 0 aliphatic heterocycles. The summed E-state index contributed by atoms with van der Waals surface area (Å²) in [6, 6.07) is 8.55. The van der Waals surface area contributed by atoms with E-state index in [-0.39, 0.29) is 0 Å². The van der Waals surface area contributed by atoms with E-state index in [9.17, 15) is 5.11 Å². The summed E-state index contributed by atoms with van der Waals surface area (Å²) in [6.07, 6.45) is 17.4. The molecule has 1 aromatic carbocycles. The summed E-state index contributed by atoms with van der Waals surface area (Å²) in [4.78, 5) is 2.12. The Labute approximate surface area is 165 Å². The van der Waals surface area contributed by atoms with E-state index >= 15 is 0 Å². The molecule has 26 heavy (non-hydrogen) atoms. The van der Waals surface area contributed by atoms with E-state index in [1.807, 2.05) is 0 Å². The summed E-state index contributed by atoms with van der Waals surface area (Å²) in [5.41, 5.74) is 0.558. The van der Waals surface area contributed by atoms with Crippen molar-refractivity contribution in [3.05, 3.63) is 41.3 Å². The maximum Gasteiger partial charge on any atom is 0.0952 e. The van der Waals surface area contributed by atoms with Crippen molar-refractivity contribution >= 4 is 11.8 Å². The second kappa shape index (κ2) is 11.9. The quantitative estimate of drug-likeness (QED) is 0.544. The van der Waals surface area contributed by atoms with Gasteiger partial charge in [-0.05, 0) is 31.9 Å². The molecule has 0 bridgehead atoms. The fourth-order valence-corrected chi connectivity index (χ4v) is 4.80. The third-order valence-electron chi connectivity index (χ3n) is 5.71. The molecule has 0 radical (unpaired) electrons. The van der Waals surface area contributed by atoms with Crippen LogP contribution in [0.4, 0.5) is 0 Å². The lowest BCUT2D eigenvalue weighted by Gasteiger charge is -2.30. The van der Waals surface area contributed by atoms with Gasteiger partial charge in [0.1, 0.15) is 0 Å². The average Bonchev–Trinajstić information content (AvgIpc) is 2.64. The Kier molecular flexibility index (Phi) is 9.85. The fourth-order valence-electron chi connectivity index (χ4n) is 3.85. The lowest BCUT2D eigenvalue weighted by Crippen LogP contribution is -2.29. The molecule has 0 heterocycles. The molecule has 1 saturated carbocycles. The Bertz CT molecular complexity index is 504. The van der Waals surface area contributed by atoms with Crippen LogP contribution in [-0.4, -0.2) is 10.7 Å². The van der Waals surface area contributed by atoms with E-state index in [0.717, 1.165) is 30.6 Å². The predicted octanol–water partition coefficient (Wildman–Crippen LogP) is 7.81. The highest BCUT2D eigenvalue weighted by molar-refractivity contribution is 8.03. The topological polar surface area (TPSA) is 20.2 Å². The van der Waals surface area contributed by atoms with Gasteiger partial charge in [0, 0.05) is 9.80 Å². The van der Waals surface area contributed by atoms with Crippen molar-refractivity contribution in [2.45, 2.75) is 107 Å². The van der Waals surface area contributed by atoms with Gasteiger partial charge in [-0.1, -0.05) is 113 Å². The Morgan fingerprint density at radius 3 is 1.58 bits per heavy atom. The van der Waals surface area contributed by atoms with Crippen LogP contribution in [0.25, 0.3) is 0 Å². The monoisotopic (exact) mass is 374 g/mol. The molecule has 2 rings (SSSR count). The van der Waals surface area contributed by atoms with Gasteiger partial charge in [-0.3, -0.25) is 0 Å². The largest absolute Gasteiger partial charge is 0.385 e. The summed E-state index contributed by atoms with van der Waals surface area (Å²) >= 11 is 1.66. The number of aliphatic hydroxyl groups is 1. The Morgan fingerprint density at radius 1 is 0.769 bits per heavy atom. The molecule has 0 unspecified atom stereocenters. The number of hydrogen-bond donors (Lipinski definition) is 1. The van der Waals surface area contributed by atoms with Crippen LogP contribution < -0.4 is 0 Å². The molecule has 0 atom stereocenters. The standard InChI is InChI=1S/C24H38OS/c1-21-15-17-23(18-16-21)26-22(2)24(25)19-13-11-9-7-5-3-4-6-8-10-12-14-20-24/h15-18,25H,2-14,19-20H2,1H3. The van der Waals surface area contributed by atoms with E-state index < -0.39 is 5.60 Å². The molecule has 1 aromatic rings. The summed E-state index contributed by atoms with van der Waals surface area (Å²) in [5, 5.41) is 11.4. The van der Waals surface area contributed by atoms with Gasteiger partial charge >= 0.3 is 0 Å². The molecule has 0 saturated heterocycles. The maximum absolute atomic E-state index is 11.4. The van der Waals surface area contributed by atoms with E-state index in [1.165, 1.54) is 74.7 Å². The molecule has 1 aliphatic rings. The third kappa shape index (κ3) is 7.88. The number of benzene rings is 1. The van der Waals surface area contributed by atoms with Crippen LogP contribution in [0.2, 0.25) is 0 Å². The normalized spacial score (nSPS) is 20.7. The number of rotatable bonds is 3. The summed E-state index contributed by atoms with van der Waals surface area (Å²) in [5.74, 6) is 0. The molecular formula is C24H38OS. The molecule has 1 N–H and O–H groups in total. The minimum Gasteiger partial charge on any atom is -0.385 e.